The maximum Gasteiger partial charge on any atom is 0.300 e. The Hall–Kier alpha value is -1.49. The Kier molecular flexibility index (Phi) is 4.33. The SMILES string of the molecule is Cc1nc(CNS(=O)(=O)c2cc([N+](=O)[O-])c(Cl)s2)oc1C. The highest BCUT2D eigenvalue weighted by molar-refractivity contribution is 7.91. The van der Waals surface area contributed by atoms with E-state index < -0.39 is 20.6 Å². The predicted octanol–water partition coefficient (Wildman–Crippen LogP) is 2.39. The van der Waals surface area contributed by atoms with Gasteiger partial charge in [0.25, 0.3) is 15.7 Å². The minimum atomic E-state index is -3.92. The topological polar surface area (TPSA) is 115 Å². The minimum absolute atomic E-state index is 0.152. The number of aromatic nitrogens is 1. The molecule has 2 aromatic heterocycles. The summed E-state index contributed by atoms with van der Waals surface area (Å²) >= 11 is 6.26. The van der Waals surface area contributed by atoms with Crippen LogP contribution in [0.1, 0.15) is 17.3 Å². The second kappa shape index (κ2) is 5.72. The van der Waals surface area contributed by atoms with Crippen LogP contribution in [0.5, 0.6) is 0 Å². The summed E-state index contributed by atoms with van der Waals surface area (Å²) in [6.45, 7) is 3.29. The molecule has 11 heteroatoms. The molecule has 1 N–H and O–H groups in total. The number of hydrogen-bond donors (Lipinski definition) is 1. The van der Waals surface area contributed by atoms with Crippen molar-refractivity contribution in [3.8, 4) is 0 Å². The normalized spacial score (nSPS) is 11.8. The van der Waals surface area contributed by atoms with Crippen molar-refractivity contribution >= 4 is 38.6 Å². The van der Waals surface area contributed by atoms with Crippen LogP contribution in [0.3, 0.4) is 0 Å². The van der Waals surface area contributed by atoms with Crippen molar-refractivity contribution in [1.82, 2.24) is 9.71 Å². The van der Waals surface area contributed by atoms with Crippen molar-refractivity contribution in [2.75, 3.05) is 0 Å². The van der Waals surface area contributed by atoms with Gasteiger partial charge >= 0.3 is 0 Å². The molecular weight excluding hydrogens is 342 g/mol. The zero-order valence-electron chi connectivity index (χ0n) is 10.9. The molecule has 2 heterocycles. The van der Waals surface area contributed by atoms with E-state index >= 15 is 0 Å². The number of nitrogens with zero attached hydrogens (tertiary/aromatic N) is 2. The molecule has 0 aliphatic carbocycles. The quantitative estimate of drug-likeness (QED) is 0.653. The van der Waals surface area contributed by atoms with E-state index in [4.69, 9.17) is 16.0 Å². The molecule has 0 aliphatic rings. The van der Waals surface area contributed by atoms with Gasteiger partial charge in [0.15, 0.2) is 4.34 Å². The summed E-state index contributed by atoms with van der Waals surface area (Å²) in [5, 5.41) is 10.7. The first-order valence-corrected chi connectivity index (χ1v) is 8.25. The van der Waals surface area contributed by atoms with Gasteiger partial charge in [0.1, 0.15) is 9.97 Å². The molecule has 8 nitrogen and oxygen atoms in total. The summed E-state index contributed by atoms with van der Waals surface area (Å²) in [6.07, 6.45) is 0. The van der Waals surface area contributed by atoms with Crippen LogP contribution in [-0.4, -0.2) is 18.3 Å². The van der Waals surface area contributed by atoms with Gasteiger partial charge in [-0.05, 0) is 13.8 Å². The smallest absolute Gasteiger partial charge is 0.300 e. The molecule has 0 spiro atoms. The average Bonchev–Trinajstić information content (AvgIpc) is 2.92. The van der Waals surface area contributed by atoms with Gasteiger partial charge in [-0.2, -0.15) is 0 Å². The zero-order chi connectivity index (χ0) is 15.8. The molecular formula is C10H10ClN3O5S2. The van der Waals surface area contributed by atoms with E-state index in [1.807, 2.05) is 0 Å². The van der Waals surface area contributed by atoms with E-state index in [2.05, 4.69) is 9.71 Å². The van der Waals surface area contributed by atoms with Gasteiger partial charge in [0.05, 0.1) is 17.2 Å². The van der Waals surface area contributed by atoms with Crippen molar-refractivity contribution in [3.05, 3.63) is 37.9 Å². The molecule has 114 valence electrons. The van der Waals surface area contributed by atoms with Gasteiger partial charge in [-0.25, -0.2) is 18.1 Å². The molecule has 0 radical (unpaired) electrons. The summed E-state index contributed by atoms with van der Waals surface area (Å²) in [6, 6.07) is 0.918. The van der Waals surface area contributed by atoms with Crippen molar-refractivity contribution in [3.63, 3.8) is 0 Å². The van der Waals surface area contributed by atoms with E-state index in [9.17, 15) is 18.5 Å². The van der Waals surface area contributed by atoms with Crippen LogP contribution in [0.25, 0.3) is 0 Å². The van der Waals surface area contributed by atoms with Crippen LogP contribution in [0.15, 0.2) is 14.7 Å². The molecule has 0 fully saturated rings. The lowest BCUT2D eigenvalue weighted by molar-refractivity contribution is -0.384. The number of aryl methyl sites for hydroxylation is 2. The number of nitrogens with one attached hydrogen (secondary N) is 1. The van der Waals surface area contributed by atoms with Crippen LogP contribution in [0, 0.1) is 24.0 Å². The Bertz CT molecular complexity index is 776. The lowest BCUT2D eigenvalue weighted by Gasteiger charge is -2.00. The first-order valence-electron chi connectivity index (χ1n) is 5.57. The fraction of sp³-hybridized carbons (Fsp3) is 0.300. The highest BCUT2D eigenvalue weighted by atomic mass is 35.5. The Labute approximate surface area is 129 Å². The fourth-order valence-electron chi connectivity index (χ4n) is 1.44. The van der Waals surface area contributed by atoms with E-state index in [1.54, 1.807) is 13.8 Å². The number of rotatable bonds is 5. The average molecular weight is 352 g/mol. The van der Waals surface area contributed by atoms with Gasteiger partial charge in [-0.3, -0.25) is 10.1 Å². The van der Waals surface area contributed by atoms with Crippen LogP contribution in [0.2, 0.25) is 4.34 Å². The summed E-state index contributed by atoms with van der Waals surface area (Å²) in [5.41, 5.74) is 0.226. The molecule has 0 saturated heterocycles. The summed E-state index contributed by atoms with van der Waals surface area (Å²) in [7, 11) is -3.92. The molecule has 0 amide bonds. The lowest BCUT2D eigenvalue weighted by atomic mass is 10.4. The Morgan fingerprint density at radius 3 is 2.67 bits per heavy atom. The number of sulfonamides is 1. The second-order valence-electron chi connectivity index (χ2n) is 4.06. The Morgan fingerprint density at radius 1 is 1.52 bits per heavy atom. The van der Waals surface area contributed by atoms with Crippen molar-refractivity contribution in [2.24, 2.45) is 0 Å². The van der Waals surface area contributed by atoms with E-state index in [1.165, 1.54) is 0 Å². The molecule has 0 aromatic carbocycles. The third-order valence-electron chi connectivity index (χ3n) is 2.59. The standard InChI is InChI=1S/C10H10ClN3O5S2/c1-5-6(2)19-8(13-5)4-12-21(17,18)9-3-7(14(15)16)10(11)20-9/h3,12H,4H2,1-2H3. The van der Waals surface area contributed by atoms with Crippen LogP contribution in [0.4, 0.5) is 5.69 Å². The second-order valence-corrected chi connectivity index (χ2v) is 7.70. The van der Waals surface area contributed by atoms with Crippen LogP contribution < -0.4 is 4.72 Å². The molecule has 2 rings (SSSR count). The summed E-state index contributed by atoms with van der Waals surface area (Å²) in [4.78, 5) is 14.0. The lowest BCUT2D eigenvalue weighted by Crippen LogP contribution is -2.22. The predicted molar refractivity (Wildman–Crippen MR) is 76.0 cm³/mol. The number of halogens is 1. The van der Waals surface area contributed by atoms with Crippen molar-refractivity contribution in [2.45, 2.75) is 24.6 Å². The number of oxazole rings is 1. The van der Waals surface area contributed by atoms with E-state index in [-0.39, 0.29) is 21.0 Å². The minimum Gasteiger partial charge on any atom is -0.444 e. The van der Waals surface area contributed by atoms with Gasteiger partial charge in [-0.1, -0.05) is 11.6 Å². The van der Waals surface area contributed by atoms with Crippen LogP contribution in [-0.2, 0) is 16.6 Å². The third kappa shape index (κ3) is 3.40. The first-order chi connectivity index (χ1) is 9.70. The van der Waals surface area contributed by atoms with Gasteiger partial charge in [0, 0.05) is 6.07 Å². The van der Waals surface area contributed by atoms with Gasteiger partial charge in [-0.15, -0.1) is 11.3 Å². The first kappa shape index (κ1) is 15.9. The van der Waals surface area contributed by atoms with Gasteiger partial charge in [0.2, 0.25) is 5.89 Å². The molecule has 0 saturated carbocycles. The van der Waals surface area contributed by atoms with E-state index in [0.29, 0.717) is 22.8 Å². The number of thiophene rings is 1. The fourth-order valence-corrected chi connectivity index (χ4v) is 4.12. The molecule has 2 aromatic rings. The highest BCUT2D eigenvalue weighted by Gasteiger charge is 2.25. The van der Waals surface area contributed by atoms with Gasteiger partial charge < -0.3 is 4.42 Å². The van der Waals surface area contributed by atoms with Crippen molar-refractivity contribution < 1.29 is 17.8 Å². The third-order valence-corrected chi connectivity index (χ3v) is 5.81. The maximum absolute atomic E-state index is 12.0. The van der Waals surface area contributed by atoms with E-state index in [0.717, 1.165) is 6.07 Å². The molecule has 0 aliphatic heterocycles. The largest absolute Gasteiger partial charge is 0.444 e. The summed E-state index contributed by atoms with van der Waals surface area (Å²) in [5.74, 6) is 0.810. The molecule has 0 bridgehead atoms. The number of nitro groups is 1. The molecule has 21 heavy (non-hydrogen) atoms. The Morgan fingerprint density at radius 2 is 2.19 bits per heavy atom. The maximum atomic E-state index is 12.0. The molecule has 0 unspecified atom stereocenters. The Balaban J connectivity index is 2.18. The molecule has 0 atom stereocenters. The highest BCUT2D eigenvalue weighted by Crippen LogP contribution is 2.36. The summed E-state index contributed by atoms with van der Waals surface area (Å²) < 4.78 is 31.1. The monoisotopic (exact) mass is 351 g/mol. The number of hydrogen-bond acceptors (Lipinski definition) is 7. The van der Waals surface area contributed by atoms with Crippen LogP contribution >= 0.6 is 22.9 Å². The van der Waals surface area contributed by atoms with Crippen molar-refractivity contribution in [1.29, 1.82) is 0 Å². The zero-order valence-corrected chi connectivity index (χ0v) is 13.3.